The lowest BCUT2D eigenvalue weighted by molar-refractivity contribution is -0.672. The number of nitrogens with zero attached hydrogens (tertiary/aromatic N) is 2. The molecule has 0 atom stereocenters. The SMILES string of the molecule is Cc1csc2[n+]1CCN2C=Cc1ccccc1. The van der Waals surface area contributed by atoms with Gasteiger partial charge in [0, 0.05) is 5.38 Å². The van der Waals surface area contributed by atoms with Crippen LogP contribution >= 0.6 is 11.3 Å². The van der Waals surface area contributed by atoms with E-state index >= 15 is 0 Å². The third-order valence-corrected chi connectivity index (χ3v) is 4.17. The molecular formula is C14H15N2S+. The molecule has 0 N–H and O–H groups in total. The summed E-state index contributed by atoms with van der Waals surface area (Å²) in [5.41, 5.74) is 2.61. The topological polar surface area (TPSA) is 7.12 Å². The summed E-state index contributed by atoms with van der Waals surface area (Å²) in [6, 6.07) is 10.4. The summed E-state index contributed by atoms with van der Waals surface area (Å²) in [6.45, 7) is 4.35. The van der Waals surface area contributed by atoms with Crippen molar-refractivity contribution in [1.29, 1.82) is 0 Å². The fourth-order valence-corrected chi connectivity index (χ4v) is 3.15. The Morgan fingerprint density at radius 3 is 2.94 bits per heavy atom. The van der Waals surface area contributed by atoms with E-state index in [1.54, 1.807) is 0 Å². The highest BCUT2D eigenvalue weighted by Gasteiger charge is 2.28. The van der Waals surface area contributed by atoms with E-state index in [0.717, 1.165) is 13.1 Å². The minimum Gasteiger partial charge on any atom is -0.221 e. The number of aryl methyl sites for hydroxylation is 1. The number of anilines is 1. The van der Waals surface area contributed by atoms with E-state index in [4.69, 9.17) is 0 Å². The van der Waals surface area contributed by atoms with Crippen LogP contribution in [0.25, 0.3) is 6.08 Å². The zero-order valence-electron chi connectivity index (χ0n) is 9.84. The van der Waals surface area contributed by atoms with Crippen LogP contribution in [-0.4, -0.2) is 6.54 Å². The van der Waals surface area contributed by atoms with Crippen molar-refractivity contribution in [3.05, 3.63) is 53.2 Å². The van der Waals surface area contributed by atoms with E-state index < -0.39 is 0 Å². The molecule has 0 spiro atoms. The van der Waals surface area contributed by atoms with Crippen LogP contribution in [0.5, 0.6) is 0 Å². The van der Waals surface area contributed by atoms with Crippen LogP contribution < -0.4 is 9.47 Å². The third-order valence-electron chi connectivity index (χ3n) is 3.05. The monoisotopic (exact) mass is 243 g/mol. The maximum absolute atomic E-state index is 2.38. The molecular weight excluding hydrogens is 228 g/mol. The van der Waals surface area contributed by atoms with Crippen LogP contribution in [0.4, 0.5) is 5.13 Å². The van der Waals surface area contributed by atoms with Crippen LogP contribution in [0.3, 0.4) is 0 Å². The zero-order chi connectivity index (χ0) is 11.7. The smallest absolute Gasteiger partial charge is 0.221 e. The van der Waals surface area contributed by atoms with Gasteiger partial charge in [-0.1, -0.05) is 41.7 Å². The van der Waals surface area contributed by atoms with Crippen molar-refractivity contribution in [2.45, 2.75) is 13.5 Å². The second-order valence-corrected chi connectivity index (χ2v) is 5.07. The quantitative estimate of drug-likeness (QED) is 0.736. The van der Waals surface area contributed by atoms with Gasteiger partial charge in [0.05, 0.1) is 6.20 Å². The van der Waals surface area contributed by atoms with Crippen LogP contribution in [0, 0.1) is 6.92 Å². The molecule has 86 valence electrons. The van der Waals surface area contributed by atoms with E-state index in [2.05, 4.69) is 58.3 Å². The summed E-state index contributed by atoms with van der Waals surface area (Å²) in [7, 11) is 0. The van der Waals surface area contributed by atoms with Crippen molar-refractivity contribution in [2.24, 2.45) is 0 Å². The highest BCUT2D eigenvalue weighted by atomic mass is 32.1. The number of thiazole rings is 1. The molecule has 1 aliphatic rings. The number of rotatable bonds is 2. The minimum atomic E-state index is 1.08. The Morgan fingerprint density at radius 1 is 1.29 bits per heavy atom. The molecule has 0 bridgehead atoms. The lowest BCUT2D eigenvalue weighted by Crippen LogP contribution is -2.31. The molecule has 1 aliphatic heterocycles. The number of aromatic nitrogens is 1. The van der Waals surface area contributed by atoms with Crippen LogP contribution in [-0.2, 0) is 6.54 Å². The Labute approximate surface area is 105 Å². The van der Waals surface area contributed by atoms with Gasteiger partial charge >= 0.3 is 5.13 Å². The molecule has 0 unspecified atom stereocenters. The molecule has 0 saturated carbocycles. The second-order valence-electron chi connectivity index (χ2n) is 4.23. The van der Waals surface area contributed by atoms with Gasteiger partial charge in [-0.2, -0.15) is 0 Å². The largest absolute Gasteiger partial charge is 0.341 e. The molecule has 0 saturated heterocycles. The molecule has 1 aromatic heterocycles. The van der Waals surface area contributed by atoms with Crippen molar-refractivity contribution in [2.75, 3.05) is 11.4 Å². The van der Waals surface area contributed by atoms with E-state index in [9.17, 15) is 0 Å². The molecule has 3 rings (SSSR count). The van der Waals surface area contributed by atoms with Gasteiger partial charge in [0.1, 0.15) is 18.8 Å². The van der Waals surface area contributed by atoms with Crippen molar-refractivity contribution in [3.8, 4) is 0 Å². The van der Waals surface area contributed by atoms with E-state index in [-0.39, 0.29) is 0 Å². The summed E-state index contributed by atoms with van der Waals surface area (Å²) in [6.07, 6.45) is 4.36. The molecule has 3 heteroatoms. The normalized spacial score (nSPS) is 14.5. The highest BCUT2D eigenvalue weighted by molar-refractivity contribution is 7.13. The summed E-state index contributed by atoms with van der Waals surface area (Å²) >= 11 is 1.82. The van der Waals surface area contributed by atoms with Gasteiger partial charge in [-0.15, -0.1) is 0 Å². The standard InChI is InChI=1S/C14H15N2S/c1-12-11-17-14-15(9-10-16(12)14)8-7-13-5-3-2-4-6-13/h2-8,11H,9-10H2,1H3/q+1. The second kappa shape index (κ2) is 4.34. The van der Waals surface area contributed by atoms with Crippen molar-refractivity contribution in [3.63, 3.8) is 0 Å². The average Bonchev–Trinajstić information content (AvgIpc) is 2.92. The molecule has 2 nitrogen and oxygen atoms in total. The molecule has 17 heavy (non-hydrogen) atoms. The third kappa shape index (κ3) is 1.98. The van der Waals surface area contributed by atoms with Gasteiger partial charge < -0.3 is 0 Å². The maximum Gasteiger partial charge on any atom is 0.341 e. The number of benzene rings is 1. The first-order chi connectivity index (χ1) is 8.34. The summed E-state index contributed by atoms with van der Waals surface area (Å²) < 4.78 is 2.38. The van der Waals surface area contributed by atoms with Crippen molar-refractivity contribution < 1.29 is 4.57 Å². The first-order valence-corrected chi connectivity index (χ1v) is 6.70. The van der Waals surface area contributed by atoms with Crippen molar-refractivity contribution in [1.82, 2.24) is 0 Å². The lowest BCUT2D eigenvalue weighted by Gasteiger charge is -2.00. The van der Waals surface area contributed by atoms with Crippen molar-refractivity contribution >= 4 is 22.5 Å². The molecule has 0 radical (unpaired) electrons. The molecule has 0 amide bonds. The van der Waals surface area contributed by atoms with Gasteiger partial charge in [-0.25, -0.2) is 9.47 Å². The van der Waals surface area contributed by atoms with Crippen LogP contribution in [0.15, 0.2) is 41.9 Å². The fourth-order valence-electron chi connectivity index (χ4n) is 2.09. The predicted molar refractivity (Wildman–Crippen MR) is 72.1 cm³/mol. The van der Waals surface area contributed by atoms with E-state index in [0.29, 0.717) is 0 Å². The number of fused-ring (bicyclic) bond motifs is 1. The molecule has 0 aliphatic carbocycles. The zero-order valence-corrected chi connectivity index (χ0v) is 10.7. The Kier molecular flexibility index (Phi) is 2.69. The Balaban J connectivity index is 1.82. The Hall–Kier alpha value is -1.61. The number of hydrogen-bond acceptors (Lipinski definition) is 2. The van der Waals surface area contributed by atoms with E-state index in [1.807, 2.05) is 17.4 Å². The predicted octanol–water partition coefficient (Wildman–Crippen LogP) is 2.83. The van der Waals surface area contributed by atoms with Gasteiger partial charge in [-0.3, -0.25) is 0 Å². The highest BCUT2D eigenvalue weighted by Crippen LogP contribution is 2.23. The summed E-state index contributed by atoms with van der Waals surface area (Å²) in [5.74, 6) is 0. The summed E-state index contributed by atoms with van der Waals surface area (Å²) in [5, 5.41) is 3.56. The lowest BCUT2D eigenvalue weighted by atomic mass is 10.2. The maximum atomic E-state index is 2.38. The van der Waals surface area contributed by atoms with Crippen LogP contribution in [0.2, 0.25) is 0 Å². The molecule has 1 aromatic carbocycles. The Bertz CT molecular complexity index is 543. The van der Waals surface area contributed by atoms with E-state index in [1.165, 1.54) is 16.4 Å². The van der Waals surface area contributed by atoms with Crippen LogP contribution in [0.1, 0.15) is 11.3 Å². The average molecular weight is 243 g/mol. The molecule has 2 aromatic rings. The Morgan fingerprint density at radius 2 is 2.12 bits per heavy atom. The van der Waals surface area contributed by atoms with Gasteiger partial charge in [-0.05, 0) is 18.6 Å². The summed E-state index contributed by atoms with van der Waals surface area (Å²) in [4.78, 5) is 2.32. The van der Waals surface area contributed by atoms with Gasteiger partial charge in [0.2, 0.25) is 0 Å². The number of hydrogen-bond donors (Lipinski definition) is 0. The molecule has 0 fully saturated rings. The van der Waals surface area contributed by atoms with Gasteiger partial charge in [0.25, 0.3) is 0 Å². The van der Waals surface area contributed by atoms with Gasteiger partial charge in [0.15, 0.2) is 0 Å². The molecule has 2 heterocycles. The first kappa shape index (κ1) is 10.5. The minimum absolute atomic E-state index is 1.08. The first-order valence-electron chi connectivity index (χ1n) is 5.82. The fraction of sp³-hybridized carbons (Fsp3) is 0.214.